The summed E-state index contributed by atoms with van der Waals surface area (Å²) >= 11 is 12.6. The van der Waals surface area contributed by atoms with Crippen LogP contribution < -0.4 is 10.3 Å². The van der Waals surface area contributed by atoms with Gasteiger partial charge >= 0.3 is 18.5 Å². The molecule has 2 aliphatic carbocycles. The van der Waals surface area contributed by atoms with E-state index in [9.17, 15) is 54.2 Å². The number of anilines is 2. The predicted molar refractivity (Wildman–Crippen MR) is 211 cm³/mol. The summed E-state index contributed by atoms with van der Waals surface area (Å²) < 4.78 is 125. The van der Waals surface area contributed by atoms with Crippen LogP contribution in [0.25, 0.3) is 10.8 Å². The van der Waals surface area contributed by atoms with Crippen LogP contribution in [-0.2, 0) is 43.1 Å². The highest BCUT2D eigenvalue weighted by atomic mass is 35.5. The van der Waals surface area contributed by atoms with Crippen molar-refractivity contribution < 1.29 is 63.8 Å². The maximum atomic E-state index is 15.5. The zero-order valence-electron chi connectivity index (χ0n) is 32.1. The maximum Gasteiger partial charge on any atom is 0.417 e. The monoisotopic (exact) mass is 932 g/mol. The lowest BCUT2D eigenvalue weighted by molar-refractivity contribution is -0.143. The minimum Gasteiger partial charge on any atom is -0.508 e. The first-order valence-electron chi connectivity index (χ1n) is 19.2. The number of nitrogens with one attached hydrogen (secondary N) is 1. The molecule has 4 amide bonds. The molecule has 6 unspecified atom stereocenters. The predicted octanol–water partition coefficient (Wildman–Crippen LogP) is 10.5. The highest BCUT2D eigenvalue weighted by Gasteiger charge is 2.71. The van der Waals surface area contributed by atoms with Crippen LogP contribution in [0.1, 0.15) is 46.6 Å². The molecule has 4 aliphatic rings. The number of carbonyl (C=O) groups excluding carboxylic acids is 4. The first-order valence-corrected chi connectivity index (χ1v) is 20.0. The van der Waals surface area contributed by atoms with Gasteiger partial charge in [-0.2, -0.15) is 44.5 Å². The Morgan fingerprint density at radius 1 is 0.734 bits per heavy atom. The van der Waals surface area contributed by atoms with Crippen LogP contribution in [0.5, 0.6) is 5.75 Å². The summed E-state index contributed by atoms with van der Waals surface area (Å²) in [7, 11) is 0. The number of hydrogen-bond acceptors (Lipinski definition) is 7. The van der Waals surface area contributed by atoms with Gasteiger partial charge in [-0.15, -0.1) is 0 Å². The van der Waals surface area contributed by atoms with Crippen molar-refractivity contribution in [2.24, 2.45) is 23.7 Å². The number of hydrogen-bond donors (Lipinski definition) is 2. The number of carbonyl (C=O) groups is 4. The zero-order valence-corrected chi connectivity index (χ0v) is 33.6. The first kappa shape index (κ1) is 43.1. The lowest BCUT2D eigenvalue weighted by atomic mass is 9.48. The quantitative estimate of drug-likeness (QED) is 0.102. The molecule has 3 fully saturated rings. The van der Waals surface area contributed by atoms with Crippen LogP contribution in [0.3, 0.4) is 0 Å². The molecule has 0 bridgehead atoms. The molecule has 2 saturated heterocycles. The SMILES string of the molecule is O=C1C2CC3C(=CCC4C(=O)N(c5cc(C(F)(F)F)cc(C(F)(F)F)c5)C(=O)C43)C(c3c(O)ccc4ccccc34)C2(c2ccc(Cl)cc2)C(=O)N1Nc1ncc(C(F)(F)F)cc1Cl. The summed E-state index contributed by atoms with van der Waals surface area (Å²) in [5.41, 5.74) is -4.87. The van der Waals surface area contributed by atoms with E-state index in [1.807, 2.05) is 0 Å². The van der Waals surface area contributed by atoms with E-state index < -0.39 is 117 Å². The lowest BCUT2D eigenvalue weighted by Gasteiger charge is -2.51. The Morgan fingerprint density at radius 2 is 1.38 bits per heavy atom. The van der Waals surface area contributed by atoms with Crippen molar-refractivity contribution in [3.05, 3.63) is 141 Å². The minimum atomic E-state index is -5.32. The van der Waals surface area contributed by atoms with E-state index in [4.69, 9.17) is 23.2 Å². The zero-order chi connectivity index (χ0) is 46.0. The molecule has 330 valence electrons. The maximum absolute atomic E-state index is 15.5. The molecule has 1 saturated carbocycles. The average molecular weight is 934 g/mol. The summed E-state index contributed by atoms with van der Waals surface area (Å²) in [6, 6.07) is 16.3. The standard InChI is InChI=1S/C44H27Cl2F9N4O5/c45-24-8-6-20(7-9-24)41-30(38(62)59(40(41)64)57-36-31(46)16-23(18-56-36)44(53,54)55)17-29-27(35(41)34-26-4-2-1-3-19(26)5-12-32(34)60)10-11-28-33(29)39(63)58(37(28)61)25-14-21(42(47,48)49)13-22(15-25)43(50,51)52/h1-10,12-16,18,28-30,33,35,60H,11,17H2,(H,56,57). The van der Waals surface area contributed by atoms with Crippen LogP contribution in [-0.4, -0.2) is 38.7 Å². The molecule has 9 nitrogen and oxygen atoms in total. The number of phenols is 1. The fourth-order valence-corrected chi connectivity index (χ4v) is 10.3. The van der Waals surface area contributed by atoms with Crippen molar-refractivity contribution in [1.29, 1.82) is 0 Å². The van der Waals surface area contributed by atoms with Crippen LogP contribution in [0.15, 0.2) is 103 Å². The number of fused-ring (bicyclic) bond motifs is 5. The summed E-state index contributed by atoms with van der Waals surface area (Å²) in [6.07, 6.45) is -14.3. The van der Waals surface area contributed by atoms with Gasteiger partial charge in [0.1, 0.15) is 5.75 Å². The molecule has 1 aromatic heterocycles. The Bertz CT molecular complexity index is 2840. The molecule has 4 aromatic carbocycles. The second-order valence-corrected chi connectivity index (χ2v) is 16.8. The van der Waals surface area contributed by atoms with Gasteiger partial charge in [0.25, 0.3) is 11.8 Å². The van der Waals surface area contributed by atoms with Crippen molar-refractivity contribution in [2.45, 2.75) is 42.7 Å². The van der Waals surface area contributed by atoms with Gasteiger partial charge in [0.15, 0.2) is 5.82 Å². The third kappa shape index (κ3) is 6.58. The van der Waals surface area contributed by atoms with Crippen molar-refractivity contribution in [3.63, 3.8) is 0 Å². The van der Waals surface area contributed by atoms with E-state index >= 15 is 9.59 Å². The normalized spacial score (nSPS) is 24.8. The number of halogens is 11. The molecule has 9 rings (SSSR count). The molecule has 2 aliphatic heterocycles. The summed E-state index contributed by atoms with van der Waals surface area (Å²) in [5, 5.41) is 12.9. The molecule has 0 spiro atoms. The van der Waals surface area contributed by atoms with Gasteiger partial charge in [-0.25, -0.2) is 9.88 Å². The summed E-state index contributed by atoms with van der Waals surface area (Å²) in [6.45, 7) is 0. The van der Waals surface area contributed by atoms with Crippen LogP contribution in [0.2, 0.25) is 10.0 Å². The second kappa shape index (κ2) is 14.7. The fraction of sp³-hybridized carbons (Fsp3) is 0.250. The third-order valence-corrected chi connectivity index (χ3v) is 13.2. The molecule has 2 N–H and O–H groups in total. The number of amides is 4. The fourth-order valence-electron chi connectivity index (χ4n) is 10.0. The van der Waals surface area contributed by atoms with Gasteiger partial charge < -0.3 is 5.11 Å². The van der Waals surface area contributed by atoms with Gasteiger partial charge in [-0.1, -0.05) is 77.3 Å². The van der Waals surface area contributed by atoms with Crippen molar-refractivity contribution >= 4 is 69.1 Å². The van der Waals surface area contributed by atoms with Crippen molar-refractivity contribution in [2.75, 3.05) is 10.3 Å². The number of alkyl halides is 9. The summed E-state index contributed by atoms with van der Waals surface area (Å²) in [5.74, 6) is -12.2. The topological polar surface area (TPSA) is 120 Å². The number of aromatic nitrogens is 1. The molecule has 20 heteroatoms. The number of phenolic OH excluding ortho intramolecular Hbond substituents is 1. The second-order valence-electron chi connectivity index (χ2n) is 15.9. The number of allylic oxidation sites excluding steroid dienone is 2. The Labute approximate surface area is 365 Å². The van der Waals surface area contributed by atoms with Gasteiger partial charge in [0.2, 0.25) is 11.8 Å². The molecule has 5 aromatic rings. The third-order valence-electron chi connectivity index (χ3n) is 12.6. The number of aromatic hydroxyl groups is 1. The van der Waals surface area contributed by atoms with Crippen LogP contribution in [0.4, 0.5) is 51.0 Å². The number of imide groups is 2. The largest absolute Gasteiger partial charge is 0.508 e. The van der Waals surface area contributed by atoms with Crippen molar-refractivity contribution in [3.8, 4) is 5.75 Å². The Hall–Kier alpha value is -6.14. The number of hydrazine groups is 1. The van der Waals surface area contributed by atoms with E-state index in [-0.39, 0.29) is 57.0 Å². The lowest BCUT2D eigenvalue weighted by Crippen LogP contribution is -2.53. The van der Waals surface area contributed by atoms with E-state index in [0.29, 0.717) is 28.0 Å². The highest BCUT2D eigenvalue weighted by molar-refractivity contribution is 6.33. The van der Waals surface area contributed by atoms with Gasteiger partial charge in [0.05, 0.1) is 50.6 Å². The minimum absolute atomic E-state index is 0.0856. The Kier molecular flexibility index (Phi) is 9.91. The Balaban J connectivity index is 1.25. The Morgan fingerprint density at radius 3 is 2.00 bits per heavy atom. The van der Waals surface area contributed by atoms with E-state index in [1.54, 1.807) is 30.3 Å². The number of pyridine rings is 1. The molecular formula is C44H27Cl2F9N4O5. The van der Waals surface area contributed by atoms with E-state index in [2.05, 4.69) is 10.4 Å². The number of rotatable bonds is 5. The molecule has 6 atom stereocenters. The summed E-state index contributed by atoms with van der Waals surface area (Å²) in [4.78, 5) is 63.5. The molecule has 64 heavy (non-hydrogen) atoms. The van der Waals surface area contributed by atoms with Crippen LogP contribution in [0, 0.1) is 23.7 Å². The van der Waals surface area contributed by atoms with Gasteiger partial charge in [0, 0.05) is 22.7 Å². The number of benzene rings is 4. The molecule has 3 heterocycles. The van der Waals surface area contributed by atoms with Crippen molar-refractivity contribution in [1.82, 2.24) is 9.99 Å². The van der Waals surface area contributed by atoms with E-state index in [1.165, 1.54) is 36.4 Å². The van der Waals surface area contributed by atoms with Gasteiger partial charge in [-0.05, 0) is 77.6 Å². The first-order chi connectivity index (χ1) is 30.0. The smallest absolute Gasteiger partial charge is 0.417 e. The average Bonchev–Trinajstić information content (AvgIpc) is 3.61. The number of nitrogens with zero attached hydrogens (tertiary/aromatic N) is 3. The van der Waals surface area contributed by atoms with Gasteiger partial charge in [-0.3, -0.25) is 24.6 Å². The molecule has 0 radical (unpaired) electrons. The van der Waals surface area contributed by atoms with Crippen LogP contribution >= 0.6 is 23.2 Å². The highest BCUT2D eigenvalue weighted by Crippen LogP contribution is 2.66. The molecular weight excluding hydrogens is 906 g/mol. The van der Waals surface area contributed by atoms with E-state index in [0.717, 1.165) is 0 Å².